The fraction of sp³-hybridized carbons (Fsp3) is 0.385. The number of nitrogens with zero attached hydrogens (tertiary/aromatic N) is 6. The molecule has 1 aromatic carbocycles. The maximum absolute atomic E-state index is 10.9. The van der Waals surface area contributed by atoms with Crippen molar-refractivity contribution in [2.75, 3.05) is 50.0 Å². The number of hydrogen-bond acceptors (Lipinski definition) is 9. The number of H-pyrrole nitrogens is 1. The number of benzene rings is 1. The topological polar surface area (TPSA) is 118 Å². The third-order valence-corrected chi connectivity index (χ3v) is 6.84. The Bertz CT molecular complexity index is 1360. The molecular weight excluding hydrogens is 454 g/mol. The summed E-state index contributed by atoms with van der Waals surface area (Å²) in [5.41, 5.74) is 4.19. The van der Waals surface area contributed by atoms with Crippen molar-refractivity contribution in [3.05, 3.63) is 48.4 Å². The van der Waals surface area contributed by atoms with E-state index in [1.165, 1.54) is 24.7 Å². The molecule has 3 aromatic heterocycles. The zero-order valence-electron chi connectivity index (χ0n) is 20.4. The highest BCUT2D eigenvalue weighted by atomic mass is 16.3. The molecule has 0 spiro atoms. The predicted octanol–water partition coefficient (Wildman–Crippen LogP) is 3.12. The lowest BCUT2D eigenvalue weighted by atomic mass is 10.1. The Labute approximate surface area is 209 Å². The van der Waals surface area contributed by atoms with Crippen LogP contribution in [0.2, 0.25) is 0 Å². The molecule has 36 heavy (non-hydrogen) atoms. The lowest BCUT2D eigenvalue weighted by Gasteiger charge is -2.27. The third kappa shape index (κ3) is 4.95. The molecule has 1 aliphatic carbocycles. The number of anilines is 3. The highest BCUT2D eigenvalue weighted by Gasteiger charge is 2.25. The number of piperazine rings is 1. The summed E-state index contributed by atoms with van der Waals surface area (Å²) in [7, 11) is 1.97. The van der Waals surface area contributed by atoms with Gasteiger partial charge in [-0.25, -0.2) is 19.9 Å². The molecule has 186 valence electrons. The van der Waals surface area contributed by atoms with Crippen LogP contribution in [-0.2, 0) is 6.54 Å². The maximum atomic E-state index is 10.9. The summed E-state index contributed by atoms with van der Waals surface area (Å²) in [4.78, 5) is 25.6. The largest absolute Gasteiger partial charge is 0.503 e. The Balaban J connectivity index is 1.21. The van der Waals surface area contributed by atoms with Crippen molar-refractivity contribution in [1.29, 1.82) is 0 Å². The maximum Gasteiger partial charge on any atom is 0.206 e. The molecule has 1 saturated heterocycles. The van der Waals surface area contributed by atoms with Crippen LogP contribution < -0.4 is 15.5 Å². The summed E-state index contributed by atoms with van der Waals surface area (Å²) >= 11 is 0. The first-order chi connectivity index (χ1) is 17.6. The van der Waals surface area contributed by atoms with Gasteiger partial charge in [0.1, 0.15) is 17.8 Å². The molecule has 0 atom stereocenters. The quantitative estimate of drug-likeness (QED) is 0.298. The van der Waals surface area contributed by atoms with Gasteiger partial charge in [-0.3, -0.25) is 4.90 Å². The fourth-order valence-corrected chi connectivity index (χ4v) is 4.74. The molecule has 0 unspecified atom stereocenters. The number of fused-ring (bicyclic) bond motifs is 1. The molecule has 1 aliphatic heterocycles. The van der Waals surface area contributed by atoms with Gasteiger partial charge in [-0.15, -0.1) is 0 Å². The van der Waals surface area contributed by atoms with Crippen LogP contribution in [0.5, 0.6) is 5.75 Å². The standard InChI is InChI=1S/C26H31N9O/c1-34(14-17-2-3-17)25-24(36)23(29-16-30-25)19-4-5-20-21(13-19)32-26(31-20)33-22-12-18(6-7-28-22)15-35-10-8-27-9-11-35/h4-7,12-13,16-17,27,36H,2-3,8-11,14-15H2,1H3,(H2,28,31,32,33). The molecule has 10 heteroatoms. The Hall–Kier alpha value is -3.76. The van der Waals surface area contributed by atoms with Gasteiger partial charge in [-0.1, -0.05) is 6.07 Å². The molecule has 10 nitrogen and oxygen atoms in total. The molecule has 4 aromatic rings. The SMILES string of the molecule is CN(CC1CC1)c1ncnc(-c2ccc3nc(Nc4cc(CN5CCNCC5)ccn4)[nH]c3c2)c1O. The summed E-state index contributed by atoms with van der Waals surface area (Å²) in [6.45, 7) is 5.96. The van der Waals surface area contributed by atoms with E-state index in [9.17, 15) is 5.11 Å². The van der Waals surface area contributed by atoms with Gasteiger partial charge in [-0.05, 0) is 48.6 Å². The van der Waals surface area contributed by atoms with E-state index in [0.717, 1.165) is 61.7 Å². The zero-order valence-corrected chi connectivity index (χ0v) is 20.4. The second-order valence-corrected chi connectivity index (χ2v) is 9.74. The second-order valence-electron chi connectivity index (χ2n) is 9.74. The van der Waals surface area contributed by atoms with E-state index in [2.05, 4.69) is 52.6 Å². The van der Waals surface area contributed by atoms with Crippen LogP contribution in [0.4, 0.5) is 17.6 Å². The first-order valence-electron chi connectivity index (χ1n) is 12.5. The summed E-state index contributed by atoms with van der Waals surface area (Å²) in [6.07, 6.45) is 5.82. The van der Waals surface area contributed by atoms with Crippen LogP contribution in [0, 0.1) is 5.92 Å². The number of aromatic hydroxyl groups is 1. The van der Waals surface area contributed by atoms with E-state index in [1.807, 2.05) is 36.3 Å². The Kier molecular flexibility index (Phi) is 6.12. The average molecular weight is 486 g/mol. The van der Waals surface area contributed by atoms with Gasteiger partial charge in [0.15, 0.2) is 11.6 Å². The summed E-state index contributed by atoms with van der Waals surface area (Å²) < 4.78 is 0. The van der Waals surface area contributed by atoms with Gasteiger partial charge in [0.05, 0.1) is 11.0 Å². The van der Waals surface area contributed by atoms with Gasteiger partial charge in [0.2, 0.25) is 5.95 Å². The number of aromatic nitrogens is 5. The Morgan fingerprint density at radius 2 is 1.97 bits per heavy atom. The van der Waals surface area contributed by atoms with Gasteiger partial charge in [0, 0.05) is 58.1 Å². The predicted molar refractivity (Wildman–Crippen MR) is 140 cm³/mol. The van der Waals surface area contributed by atoms with E-state index in [0.29, 0.717) is 23.4 Å². The summed E-state index contributed by atoms with van der Waals surface area (Å²) in [5.74, 6) is 2.72. The van der Waals surface area contributed by atoms with E-state index in [-0.39, 0.29) is 5.75 Å². The molecule has 0 radical (unpaired) electrons. The van der Waals surface area contributed by atoms with Crippen molar-refractivity contribution in [2.24, 2.45) is 5.92 Å². The van der Waals surface area contributed by atoms with E-state index < -0.39 is 0 Å². The van der Waals surface area contributed by atoms with Crippen molar-refractivity contribution >= 4 is 28.6 Å². The van der Waals surface area contributed by atoms with Crippen molar-refractivity contribution in [1.82, 2.24) is 35.1 Å². The molecule has 6 rings (SSSR count). The molecule has 4 heterocycles. The summed E-state index contributed by atoms with van der Waals surface area (Å²) in [6, 6.07) is 9.93. The monoisotopic (exact) mass is 485 g/mol. The molecule has 4 N–H and O–H groups in total. The number of hydrogen-bond donors (Lipinski definition) is 4. The first kappa shape index (κ1) is 22.7. The van der Waals surface area contributed by atoms with Crippen molar-refractivity contribution in [3.63, 3.8) is 0 Å². The van der Waals surface area contributed by atoms with Gasteiger partial charge < -0.3 is 25.6 Å². The number of imidazole rings is 1. The lowest BCUT2D eigenvalue weighted by molar-refractivity contribution is 0.233. The number of nitrogens with one attached hydrogen (secondary N) is 3. The normalized spacial score (nSPS) is 16.4. The number of aromatic amines is 1. The molecule has 2 fully saturated rings. The van der Waals surface area contributed by atoms with Gasteiger partial charge in [0.25, 0.3) is 0 Å². The van der Waals surface area contributed by atoms with Crippen LogP contribution in [0.15, 0.2) is 42.9 Å². The third-order valence-electron chi connectivity index (χ3n) is 6.84. The second kappa shape index (κ2) is 9.71. The summed E-state index contributed by atoms with van der Waals surface area (Å²) in [5, 5.41) is 17.6. The molecule has 1 saturated carbocycles. The van der Waals surface area contributed by atoms with Crippen LogP contribution in [0.25, 0.3) is 22.3 Å². The first-order valence-corrected chi connectivity index (χ1v) is 12.5. The van der Waals surface area contributed by atoms with Crippen molar-refractivity contribution in [2.45, 2.75) is 19.4 Å². The Morgan fingerprint density at radius 3 is 2.81 bits per heavy atom. The molecular formula is C26H31N9O. The van der Waals surface area contributed by atoms with E-state index >= 15 is 0 Å². The smallest absolute Gasteiger partial charge is 0.206 e. The van der Waals surface area contributed by atoms with E-state index in [4.69, 9.17) is 0 Å². The van der Waals surface area contributed by atoms with Crippen molar-refractivity contribution < 1.29 is 5.11 Å². The number of rotatable bonds is 8. The lowest BCUT2D eigenvalue weighted by Crippen LogP contribution is -2.42. The Morgan fingerprint density at radius 1 is 1.11 bits per heavy atom. The average Bonchev–Trinajstić information content (AvgIpc) is 3.61. The minimum Gasteiger partial charge on any atom is -0.503 e. The van der Waals surface area contributed by atoms with E-state index in [1.54, 1.807) is 0 Å². The van der Waals surface area contributed by atoms with Crippen LogP contribution >= 0.6 is 0 Å². The van der Waals surface area contributed by atoms with Crippen LogP contribution in [0.1, 0.15) is 18.4 Å². The highest BCUT2D eigenvalue weighted by molar-refractivity contribution is 5.85. The van der Waals surface area contributed by atoms with Crippen LogP contribution in [0.3, 0.4) is 0 Å². The molecule has 0 amide bonds. The molecule has 0 bridgehead atoms. The van der Waals surface area contributed by atoms with Gasteiger partial charge >= 0.3 is 0 Å². The molecule has 2 aliphatic rings. The minimum atomic E-state index is 0.100. The fourth-order valence-electron chi connectivity index (χ4n) is 4.74. The minimum absolute atomic E-state index is 0.100. The van der Waals surface area contributed by atoms with Crippen molar-refractivity contribution in [3.8, 4) is 17.0 Å². The van der Waals surface area contributed by atoms with Gasteiger partial charge in [-0.2, -0.15) is 0 Å². The zero-order chi connectivity index (χ0) is 24.5. The number of pyridine rings is 1. The van der Waals surface area contributed by atoms with Crippen LogP contribution in [-0.4, -0.2) is 74.7 Å². The highest BCUT2D eigenvalue weighted by Crippen LogP contribution is 2.37.